The summed E-state index contributed by atoms with van der Waals surface area (Å²) in [7, 11) is -0.663. The van der Waals surface area contributed by atoms with Gasteiger partial charge in [0.05, 0.1) is 6.10 Å². The summed E-state index contributed by atoms with van der Waals surface area (Å²) in [5.74, 6) is -0.233. The molecule has 8 heteroatoms. The van der Waals surface area contributed by atoms with Crippen LogP contribution in [0.25, 0.3) is 0 Å². The van der Waals surface area contributed by atoms with Crippen LogP contribution < -0.4 is 14.8 Å². The number of benzene rings is 3. The average Bonchev–Trinajstić information content (AvgIpc) is 2.91. The maximum atomic E-state index is 13.4. The van der Waals surface area contributed by atoms with Crippen molar-refractivity contribution in [1.29, 1.82) is 0 Å². The molecule has 0 bridgehead atoms. The molecule has 0 unspecified atom stereocenters. The molecule has 3 aromatic carbocycles. The predicted molar refractivity (Wildman–Crippen MR) is 159 cm³/mol. The Bertz CT molecular complexity index is 1260. The Balaban J connectivity index is 1.96. The van der Waals surface area contributed by atoms with Crippen molar-refractivity contribution in [2.24, 2.45) is 0 Å². The first kappa shape index (κ1) is 31.1. The van der Waals surface area contributed by atoms with Crippen molar-refractivity contribution in [3.8, 4) is 11.5 Å². The van der Waals surface area contributed by atoms with Crippen molar-refractivity contribution in [1.82, 2.24) is 5.32 Å². The van der Waals surface area contributed by atoms with Gasteiger partial charge in [0.2, 0.25) is 0 Å². The largest absolute Gasteiger partial charge is 0.485 e. The van der Waals surface area contributed by atoms with Gasteiger partial charge in [0.1, 0.15) is 19.3 Å². The predicted octanol–water partition coefficient (Wildman–Crippen LogP) is 6.59. The van der Waals surface area contributed by atoms with Crippen LogP contribution in [-0.2, 0) is 32.0 Å². The zero-order valence-electron chi connectivity index (χ0n) is 24.5. The lowest BCUT2D eigenvalue weighted by Crippen LogP contribution is -2.49. The van der Waals surface area contributed by atoms with Crippen LogP contribution >= 0.6 is 0 Å². The van der Waals surface area contributed by atoms with E-state index in [0.717, 1.165) is 11.1 Å². The van der Waals surface area contributed by atoms with Crippen LogP contribution in [-0.4, -0.2) is 33.3 Å². The Morgan fingerprint density at radius 3 is 1.95 bits per heavy atom. The van der Waals surface area contributed by atoms with E-state index in [0.29, 0.717) is 17.9 Å². The lowest BCUT2D eigenvalue weighted by atomic mass is 10.0. The molecule has 0 aliphatic heterocycles. The molecule has 7 nitrogen and oxygen atoms in total. The molecule has 2 atom stereocenters. The minimum atomic E-state index is -2.37. The number of hydrogen-bond acceptors (Lipinski definition) is 7. The van der Waals surface area contributed by atoms with E-state index < -0.39 is 32.4 Å². The molecule has 0 saturated carbocycles. The van der Waals surface area contributed by atoms with E-state index in [9.17, 15) is 9.59 Å². The highest BCUT2D eigenvalue weighted by atomic mass is 28.4. The fraction of sp³-hybridized carbons (Fsp3) is 0.375. The molecule has 3 rings (SSSR count). The van der Waals surface area contributed by atoms with Crippen LogP contribution in [0.3, 0.4) is 0 Å². The highest BCUT2D eigenvalue weighted by Crippen LogP contribution is 2.42. The van der Waals surface area contributed by atoms with E-state index in [1.807, 2.05) is 66.7 Å². The lowest BCUT2D eigenvalue weighted by molar-refractivity contribution is -0.150. The highest BCUT2D eigenvalue weighted by Gasteiger charge is 2.43. The molecule has 0 aliphatic rings. The molecule has 1 N–H and O–H groups in total. The third-order valence-corrected chi connectivity index (χ3v) is 11.6. The van der Waals surface area contributed by atoms with Gasteiger partial charge in [0, 0.05) is 6.92 Å². The number of rotatable bonds is 12. The summed E-state index contributed by atoms with van der Waals surface area (Å²) in [5.41, 5.74) is 2.55. The van der Waals surface area contributed by atoms with Crippen LogP contribution in [0.4, 0.5) is 0 Å². The fourth-order valence-corrected chi connectivity index (χ4v) is 5.09. The first-order chi connectivity index (χ1) is 18.9. The van der Waals surface area contributed by atoms with Gasteiger partial charge < -0.3 is 24.0 Å². The SMILES string of the molecule is CN[C@H](C(=O)OCc1ccccc1)[C@@H](O[Si](C)(C)C(C)(C)C)c1ccc(OCc2ccccc2)c(OC(C)=O)c1. The molecule has 3 aromatic rings. The first-order valence-electron chi connectivity index (χ1n) is 13.5. The molecule has 214 valence electrons. The zero-order chi connectivity index (χ0) is 29.3. The van der Waals surface area contributed by atoms with Gasteiger partial charge in [-0.1, -0.05) is 87.5 Å². The van der Waals surface area contributed by atoms with Gasteiger partial charge in [-0.05, 0) is 54.0 Å². The zero-order valence-corrected chi connectivity index (χ0v) is 25.5. The molecule has 0 fully saturated rings. The first-order valence-corrected chi connectivity index (χ1v) is 16.4. The van der Waals surface area contributed by atoms with E-state index in [1.54, 1.807) is 19.2 Å². The summed E-state index contributed by atoms with van der Waals surface area (Å²) in [6.45, 7) is 12.5. The van der Waals surface area contributed by atoms with Crippen LogP contribution in [0.15, 0.2) is 78.9 Å². The third-order valence-electron chi connectivity index (χ3n) is 7.11. The van der Waals surface area contributed by atoms with Crippen LogP contribution in [0.5, 0.6) is 11.5 Å². The van der Waals surface area contributed by atoms with E-state index >= 15 is 0 Å². The molecule has 0 spiro atoms. The minimum absolute atomic E-state index is 0.116. The second-order valence-electron chi connectivity index (χ2n) is 11.2. The Morgan fingerprint density at radius 2 is 1.43 bits per heavy atom. The Kier molecular flexibility index (Phi) is 10.7. The monoisotopic (exact) mass is 563 g/mol. The smallest absolute Gasteiger partial charge is 0.326 e. The second kappa shape index (κ2) is 13.7. The summed E-state index contributed by atoms with van der Waals surface area (Å²) < 4.78 is 24.1. The summed E-state index contributed by atoms with van der Waals surface area (Å²) in [5, 5.41) is 3.00. The molecule has 0 aliphatic carbocycles. The Hall–Kier alpha value is -3.46. The summed E-state index contributed by atoms with van der Waals surface area (Å²) in [4.78, 5) is 25.4. The summed E-state index contributed by atoms with van der Waals surface area (Å²) in [6.07, 6.45) is -0.702. The van der Waals surface area contributed by atoms with Crippen molar-refractivity contribution in [3.05, 3.63) is 95.6 Å². The lowest BCUT2D eigenvalue weighted by Gasteiger charge is -2.41. The normalized spacial score (nSPS) is 13.3. The topological polar surface area (TPSA) is 83.1 Å². The van der Waals surface area contributed by atoms with Crippen LogP contribution in [0, 0.1) is 0 Å². The molecule has 0 heterocycles. The maximum absolute atomic E-state index is 13.4. The van der Waals surface area contributed by atoms with E-state index in [-0.39, 0.29) is 17.4 Å². The van der Waals surface area contributed by atoms with E-state index in [1.165, 1.54) is 6.92 Å². The third kappa shape index (κ3) is 8.52. The second-order valence-corrected chi connectivity index (χ2v) is 16.0. The maximum Gasteiger partial charge on any atom is 0.326 e. The van der Waals surface area contributed by atoms with Crippen molar-refractivity contribution >= 4 is 20.3 Å². The summed E-state index contributed by atoms with van der Waals surface area (Å²) >= 11 is 0. The molecule has 0 aromatic heterocycles. The Morgan fingerprint density at radius 1 is 0.850 bits per heavy atom. The standard InChI is InChI=1S/C32H41NO6Si/c1-23(34)38-28-20-26(18-19-27(28)36-21-24-14-10-8-11-15-24)30(39-40(6,7)32(2,3)4)29(33-5)31(35)37-22-25-16-12-9-13-17-25/h8-20,29-30,33H,21-22H2,1-7H3/t29-,30-/m0/s1. The molecular weight excluding hydrogens is 522 g/mol. The molecular formula is C32H41NO6Si. The highest BCUT2D eigenvalue weighted by molar-refractivity contribution is 6.74. The van der Waals surface area contributed by atoms with Gasteiger partial charge >= 0.3 is 11.9 Å². The van der Waals surface area contributed by atoms with Crippen molar-refractivity contribution < 1.29 is 28.2 Å². The van der Waals surface area contributed by atoms with Gasteiger partial charge in [-0.15, -0.1) is 0 Å². The molecule has 0 amide bonds. The van der Waals surface area contributed by atoms with Gasteiger partial charge in [-0.25, -0.2) is 0 Å². The van der Waals surface area contributed by atoms with Crippen molar-refractivity contribution in [2.45, 2.75) is 71.2 Å². The number of carbonyl (C=O) groups is 2. The Labute approximate surface area is 238 Å². The number of hydrogen-bond donors (Lipinski definition) is 1. The number of ether oxygens (including phenoxy) is 3. The molecule has 0 saturated heterocycles. The van der Waals surface area contributed by atoms with Gasteiger partial charge in [0.15, 0.2) is 19.8 Å². The van der Waals surface area contributed by atoms with Gasteiger partial charge in [-0.2, -0.15) is 0 Å². The number of likely N-dealkylation sites (N-methyl/N-ethyl adjacent to an activating group) is 1. The van der Waals surface area contributed by atoms with E-state index in [4.69, 9.17) is 18.6 Å². The van der Waals surface area contributed by atoms with Gasteiger partial charge in [0.25, 0.3) is 0 Å². The molecule has 0 radical (unpaired) electrons. The molecule has 40 heavy (non-hydrogen) atoms. The number of esters is 2. The van der Waals surface area contributed by atoms with E-state index in [2.05, 4.69) is 39.2 Å². The van der Waals surface area contributed by atoms with Crippen LogP contribution in [0.2, 0.25) is 18.1 Å². The average molecular weight is 564 g/mol. The van der Waals surface area contributed by atoms with Gasteiger partial charge in [-0.3, -0.25) is 9.59 Å². The quantitative estimate of drug-likeness (QED) is 0.151. The number of carbonyl (C=O) groups excluding carboxylic acids is 2. The van der Waals surface area contributed by atoms with Crippen molar-refractivity contribution in [2.75, 3.05) is 7.05 Å². The fourth-order valence-electron chi connectivity index (χ4n) is 3.82. The number of nitrogens with one attached hydrogen (secondary N) is 1. The van der Waals surface area contributed by atoms with Crippen molar-refractivity contribution in [3.63, 3.8) is 0 Å². The summed E-state index contributed by atoms with van der Waals surface area (Å²) in [6, 6.07) is 23.8. The van der Waals surface area contributed by atoms with Crippen LogP contribution in [0.1, 0.15) is 50.5 Å². The minimum Gasteiger partial charge on any atom is -0.485 e.